The molecule has 0 radical (unpaired) electrons. The zero-order chi connectivity index (χ0) is 16.2. The Hall–Kier alpha value is -1.70. The van der Waals surface area contributed by atoms with Gasteiger partial charge in [0, 0.05) is 12.6 Å². The van der Waals surface area contributed by atoms with E-state index in [-0.39, 0.29) is 23.7 Å². The first-order valence-electron chi connectivity index (χ1n) is 5.94. The van der Waals surface area contributed by atoms with Crippen LogP contribution in [0, 0.1) is 5.82 Å². The number of ether oxygens (including phenoxy) is 1. The van der Waals surface area contributed by atoms with Crippen LogP contribution in [-0.2, 0) is 15.7 Å². The fraction of sp³-hybridized carbons (Fsp3) is 0.385. The van der Waals surface area contributed by atoms with Crippen LogP contribution in [-0.4, -0.2) is 36.1 Å². The van der Waals surface area contributed by atoms with Gasteiger partial charge in [-0.1, -0.05) is 12.2 Å². The summed E-state index contributed by atoms with van der Waals surface area (Å²) in [4.78, 5) is 12.6. The first-order valence-corrected chi connectivity index (χ1v) is 6.35. The highest BCUT2D eigenvalue weighted by molar-refractivity contribution is 7.80. The number of hydrogen-bond donors (Lipinski definition) is 0. The largest absolute Gasteiger partial charge is 0.465 e. The number of halogens is 4. The van der Waals surface area contributed by atoms with Crippen LogP contribution >= 0.6 is 12.2 Å². The molecule has 0 saturated heterocycles. The predicted octanol–water partition coefficient (Wildman–Crippen LogP) is 3.01. The first-order chi connectivity index (χ1) is 9.66. The lowest BCUT2D eigenvalue weighted by Crippen LogP contribution is -2.32. The van der Waals surface area contributed by atoms with E-state index in [1.807, 2.05) is 0 Å². The van der Waals surface area contributed by atoms with Gasteiger partial charge in [0.05, 0.1) is 12.2 Å². The van der Waals surface area contributed by atoms with Gasteiger partial charge in [0.1, 0.15) is 17.4 Å². The lowest BCUT2D eigenvalue weighted by molar-refractivity contribution is -0.143. The van der Waals surface area contributed by atoms with Gasteiger partial charge < -0.3 is 9.64 Å². The van der Waals surface area contributed by atoms with E-state index in [1.54, 1.807) is 6.92 Å². The smallest absolute Gasteiger partial charge is 0.419 e. The van der Waals surface area contributed by atoms with Gasteiger partial charge in [-0.3, -0.25) is 4.79 Å². The van der Waals surface area contributed by atoms with Gasteiger partial charge in [0.25, 0.3) is 0 Å². The van der Waals surface area contributed by atoms with Crippen molar-refractivity contribution < 1.29 is 27.1 Å². The van der Waals surface area contributed by atoms with Crippen LogP contribution in [0.4, 0.5) is 17.6 Å². The molecule has 0 aromatic heterocycles. The number of carbonyl (C=O) groups is 1. The highest BCUT2D eigenvalue weighted by Gasteiger charge is 2.34. The Bertz CT molecular complexity index is 545. The van der Waals surface area contributed by atoms with Gasteiger partial charge >= 0.3 is 12.1 Å². The molecular weight excluding hydrogens is 310 g/mol. The number of alkyl halides is 3. The standard InChI is InChI=1S/C13H13F4NO2S/c1-3-20-11(19)7-18(2)12(21)8-4-5-10(14)9(6-8)13(15,16)17/h4-6H,3,7H2,1-2H3. The summed E-state index contributed by atoms with van der Waals surface area (Å²) in [6.07, 6.45) is -4.81. The second-order valence-corrected chi connectivity index (χ2v) is 4.55. The third-order valence-corrected chi connectivity index (χ3v) is 3.08. The maximum atomic E-state index is 13.2. The maximum absolute atomic E-state index is 13.2. The molecule has 8 heteroatoms. The summed E-state index contributed by atoms with van der Waals surface area (Å²) < 4.78 is 55.8. The Morgan fingerprint density at radius 1 is 1.38 bits per heavy atom. The van der Waals surface area contributed by atoms with Gasteiger partial charge in [-0.2, -0.15) is 13.2 Å². The van der Waals surface area contributed by atoms with E-state index in [9.17, 15) is 22.4 Å². The molecule has 0 aliphatic heterocycles. The highest BCUT2D eigenvalue weighted by Crippen LogP contribution is 2.32. The molecule has 0 bridgehead atoms. The molecule has 0 aliphatic carbocycles. The van der Waals surface area contributed by atoms with Gasteiger partial charge in [0.2, 0.25) is 0 Å². The second kappa shape index (κ2) is 6.84. The van der Waals surface area contributed by atoms with E-state index in [4.69, 9.17) is 17.0 Å². The average Bonchev–Trinajstić information content (AvgIpc) is 2.37. The molecule has 1 rings (SSSR count). The zero-order valence-corrected chi connectivity index (χ0v) is 12.1. The highest BCUT2D eigenvalue weighted by atomic mass is 32.1. The van der Waals surface area contributed by atoms with E-state index in [1.165, 1.54) is 11.9 Å². The van der Waals surface area contributed by atoms with Gasteiger partial charge in [-0.15, -0.1) is 0 Å². The van der Waals surface area contributed by atoms with Gasteiger partial charge in [-0.05, 0) is 25.1 Å². The third-order valence-electron chi connectivity index (χ3n) is 2.54. The number of likely N-dealkylation sites (N-methyl/N-ethyl adjacent to an activating group) is 1. The number of hydrogen-bond acceptors (Lipinski definition) is 3. The van der Waals surface area contributed by atoms with Crippen molar-refractivity contribution in [2.45, 2.75) is 13.1 Å². The van der Waals surface area contributed by atoms with Crippen molar-refractivity contribution in [3.63, 3.8) is 0 Å². The number of carbonyl (C=O) groups excluding carboxylic acids is 1. The van der Waals surface area contributed by atoms with E-state index >= 15 is 0 Å². The molecule has 0 N–H and O–H groups in total. The van der Waals surface area contributed by atoms with Crippen LogP contribution in [0.2, 0.25) is 0 Å². The minimum Gasteiger partial charge on any atom is -0.465 e. The SMILES string of the molecule is CCOC(=O)CN(C)C(=S)c1ccc(F)c(C(F)(F)F)c1. The van der Waals surface area contributed by atoms with Crippen molar-refractivity contribution in [2.24, 2.45) is 0 Å². The summed E-state index contributed by atoms with van der Waals surface area (Å²) in [5, 5.41) is 0. The quantitative estimate of drug-likeness (QED) is 0.484. The number of benzene rings is 1. The van der Waals surface area contributed by atoms with Crippen LogP contribution in [0.25, 0.3) is 0 Å². The molecule has 0 unspecified atom stereocenters. The Morgan fingerprint density at radius 3 is 2.52 bits per heavy atom. The van der Waals surface area contributed by atoms with Gasteiger partial charge in [-0.25, -0.2) is 4.39 Å². The average molecular weight is 323 g/mol. The molecule has 0 fully saturated rings. The summed E-state index contributed by atoms with van der Waals surface area (Å²) in [6.45, 7) is 1.62. The van der Waals surface area contributed by atoms with E-state index in [2.05, 4.69) is 0 Å². The summed E-state index contributed by atoms with van der Waals surface area (Å²) in [5.41, 5.74) is -1.39. The molecule has 1 aromatic carbocycles. The van der Waals surface area contributed by atoms with Crippen molar-refractivity contribution in [1.82, 2.24) is 4.90 Å². The molecule has 0 aliphatic rings. The molecule has 1 aromatic rings. The number of nitrogens with zero attached hydrogens (tertiary/aromatic N) is 1. The first kappa shape index (κ1) is 17.4. The zero-order valence-electron chi connectivity index (χ0n) is 11.3. The molecule has 3 nitrogen and oxygen atoms in total. The Morgan fingerprint density at radius 2 is 2.00 bits per heavy atom. The fourth-order valence-corrected chi connectivity index (χ4v) is 1.76. The van der Waals surface area contributed by atoms with Crippen LogP contribution in [0.15, 0.2) is 18.2 Å². The fourth-order valence-electron chi connectivity index (χ4n) is 1.57. The van der Waals surface area contributed by atoms with Crippen LogP contribution in [0.1, 0.15) is 18.1 Å². The van der Waals surface area contributed by atoms with Crippen molar-refractivity contribution in [1.29, 1.82) is 0 Å². The van der Waals surface area contributed by atoms with Crippen LogP contribution in [0.5, 0.6) is 0 Å². The van der Waals surface area contributed by atoms with Gasteiger partial charge in [0.15, 0.2) is 0 Å². The minimum atomic E-state index is -4.81. The minimum absolute atomic E-state index is 0.00511. The summed E-state index contributed by atoms with van der Waals surface area (Å²) >= 11 is 5.00. The van der Waals surface area contributed by atoms with E-state index in [0.29, 0.717) is 12.1 Å². The molecule has 21 heavy (non-hydrogen) atoms. The molecular formula is C13H13F4NO2S. The number of thiocarbonyl (C=S) groups is 1. The Kier molecular flexibility index (Phi) is 5.65. The van der Waals surface area contributed by atoms with E-state index in [0.717, 1.165) is 6.07 Å². The van der Waals surface area contributed by atoms with Crippen molar-refractivity contribution in [2.75, 3.05) is 20.2 Å². The topological polar surface area (TPSA) is 29.5 Å². The summed E-state index contributed by atoms with van der Waals surface area (Å²) in [5.74, 6) is -1.93. The molecule has 0 atom stereocenters. The predicted molar refractivity (Wildman–Crippen MR) is 72.4 cm³/mol. The summed E-state index contributed by atoms with van der Waals surface area (Å²) in [7, 11) is 1.44. The van der Waals surface area contributed by atoms with E-state index < -0.39 is 23.5 Å². The normalized spacial score (nSPS) is 11.1. The van der Waals surface area contributed by atoms with Crippen LogP contribution < -0.4 is 0 Å². The molecule has 0 saturated carbocycles. The lowest BCUT2D eigenvalue weighted by atomic mass is 10.1. The maximum Gasteiger partial charge on any atom is 0.419 e. The van der Waals surface area contributed by atoms with Crippen molar-refractivity contribution in [3.05, 3.63) is 35.1 Å². The Balaban J connectivity index is 2.95. The van der Waals surface area contributed by atoms with Crippen molar-refractivity contribution in [3.8, 4) is 0 Å². The Labute approximate surface area is 124 Å². The number of esters is 1. The number of rotatable bonds is 4. The van der Waals surface area contributed by atoms with Crippen LogP contribution in [0.3, 0.4) is 0 Å². The molecule has 0 heterocycles. The monoisotopic (exact) mass is 323 g/mol. The third kappa shape index (κ3) is 4.66. The lowest BCUT2D eigenvalue weighted by Gasteiger charge is -2.20. The molecule has 0 amide bonds. The summed E-state index contributed by atoms with van der Waals surface area (Å²) in [6, 6.07) is 2.45. The second-order valence-electron chi connectivity index (χ2n) is 4.16. The van der Waals surface area contributed by atoms with Crippen molar-refractivity contribution >= 4 is 23.2 Å². The molecule has 116 valence electrons. The molecule has 0 spiro atoms.